The first-order chi connectivity index (χ1) is 18.2. The van der Waals surface area contributed by atoms with Crippen molar-refractivity contribution in [3.05, 3.63) is 84.0 Å². The lowest BCUT2D eigenvalue weighted by Crippen LogP contribution is -2.40. The van der Waals surface area contributed by atoms with Crippen molar-refractivity contribution in [2.45, 2.75) is 32.7 Å². The molecule has 0 amide bonds. The van der Waals surface area contributed by atoms with Crippen molar-refractivity contribution in [2.75, 3.05) is 20.8 Å². The summed E-state index contributed by atoms with van der Waals surface area (Å²) in [5.41, 5.74) is 2.30. The van der Waals surface area contributed by atoms with Crippen LogP contribution in [0.5, 0.6) is 11.5 Å². The Morgan fingerprint density at radius 1 is 1.16 bits per heavy atom. The lowest BCUT2D eigenvalue weighted by atomic mass is 9.93. The molecule has 38 heavy (non-hydrogen) atoms. The van der Waals surface area contributed by atoms with E-state index in [1.807, 2.05) is 43.3 Å². The van der Waals surface area contributed by atoms with Crippen molar-refractivity contribution >= 4 is 84.5 Å². The van der Waals surface area contributed by atoms with Crippen molar-refractivity contribution in [3.8, 4) is 11.5 Å². The second kappa shape index (κ2) is 12.6. The van der Waals surface area contributed by atoms with Gasteiger partial charge in [0.15, 0.2) is 4.80 Å². The highest BCUT2D eigenvalue weighted by Crippen LogP contribution is 2.38. The van der Waals surface area contributed by atoms with Gasteiger partial charge in [-0.3, -0.25) is 9.36 Å². The molecule has 0 N–H and O–H groups in total. The van der Waals surface area contributed by atoms with Crippen molar-refractivity contribution in [1.82, 2.24) is 4.57 Å². The van der Waals surface area contributed by atoms with Gasteiger partial charge >= 0.3 is 5.97 Å². The number of allylic oxidation sites excluding steroid dienone is 1. The molecule has 4 rings (SSSR count). The maximum absolute atomic E-state index is 14.0. The predicted molar refractivity (Wildman–Crippen MR) is 169 cm³/mol. The van der Waals surface area contributed by atoms with Crippen LogP contribution in [-0.2, 0) is 9.53 Å². The van der Waals surface area contributed by atoms with Crippen molar-refractivity contribution in [3.63, 3.8) is 0 Å². The van der Waals surface area contributed by atoms with E-state index >= 15 is 0 Å². The van der Waals surface area contributed by atoms with Crippen LogP contribution in [-0.4, -0.2) is 31.4 Å². The quantitative estimate of drug-likeness (QED) is 0.220. The monoisotopic (exact) mass is 822 g/mol. The number of benzene rings is 2. The third kappa shape index (κ3) is 5.75. The van der Waals surface area contributed by atoms with Crippen LogP contribution in [0.25, 0.3) is 6.08 Å². The molecule has 0 radical (unpaired) electrons. The minimum absolute atomic E-state index is 0.212. The molecule has 0 spiro atoms. The summed E-state index contributed by atoms with van der Waals surface area (Å²) in [5.74, 6) is 0.877. The number of methoxy groups -OCH3 is 2. The van der Waals surface area contributed by atoms with Gasteiger partial charge in [-0.25, -0.2) is 9.79 Å². The Bertz CT molecular complexity index is 1590. The minimum Gasteiger partial charge on any atom is -0.496 e. The Balaban J connectivity index is 2.04. The molecule has 11 heteroatoms. The zero-order valence-corrected chi connectivity index (χ0v) is 27.9. The van der Waals surface area contributed by atoms with E-state index in [1.165, 1.54) is 11.3 Å². The summed E-state index contributed by atoms with van der Waals surface area (Å²) in [4.78, 5) is 32.7. The molecule has 1 aromatic heterocycles. The van der Waals surface area contributed by atoms with E-state index in [9.17, 15) is 9.59 Å². The number of halogens is 3. The van der Waals surface area contributed by atoms with Crippen molar-refractivity contribution in [1.29, 1.82) is 0 Å². The SMILES string of the molecule is CCCC1=C(C(=O)OCC)[C@H](c2cc(Br)ccc2OC)n2c(s/c(=C/c3cc(I)c(OC)c(I)c3)c2=O)=N1. The Morgan fingerprint density at radius 2 is 1.87 bits per heavy atom. The zero-order chi connectivity index (χ0) is 27.6. The van der Waals surface area contributed by atoms with Crippen LogP contribution < -0.4 is 24.4 Å². The molecule has 1 aliphatic rings. The minimum atomic E-state index is -0.752. The van der Waals surface area contributed by atoms with Crippen LogP contribution in [0.3, 0.4) is 0 Å². The number of esters is 1. The van der Waals surface area contributed by atoms with Gasteiger partial charge in [0, 0.05) is 10.0 Å². The van der Waals surface area contributed by atoms with Gasteiger partial charge in [-0.1, -0.05) is 40.6 Å². The molecule has 1 aliphatic heterocycles. The molecule has 2 heterocycles. The Labute approximate surface area is 260 Å². The van der Waals surface area contributed by atoms with Gasteiger partial charge in [0.1, 0.15) is 17.5 Å². The molecule has 0 unspecified atom stereocenters. The van der Waals surface area contributed by atoms with E-state index in [-0.39, 0.29) is 12.2 Å². The van der Waals surface area contributed by atoms with Gasteiger partial charge < -0.3 is 14.2 Å². The molecular formula is C27H25BrI2N2O5S. The standard InChI is InChI=1S/C27H25BrI2N2O5S/c1-5-7-19-22(26(34)37-6-2)23(16-13-15(28)8-9-20(16)35-3)32-25(33)21(38-27(32)31-19)12-14-10-17(29)24(36-4)18(30)11-14/h8-13,23H,5-7H2,1-4H3/b21-12+/t23-/m0/s1. The Kier molecular flexibility index (Phi) is 9.74. The summed E-state index contributed by atoms with van der Waals surface area (Å²) < 4.78 is 21.4. The van der Waals surface area contributed by atoms with Gasteiger partial charge in [-0.2, -0.15) is 0 Å². The van der Waals surface area contributed by atoms with E-state index < -0.39 is 12.0 Å². The molecular weight excluding hydrogens is 798 g/mol. The van der Waals surface area contributed by atoms with Gasteiger partial charge in [-0.15, -0.1) is 0 Å². The summed E-state index contributed by atoms with van der Waals surface area (Å²) in [6.07, 6.45) is 3.21. The average Bonchev–Trinajstić information content (AvgIpc) is 3.17. The number of aromatic nitrogens is 1. The second-order valence-electron chi connectivity index (χ2n) is 8.32. The fourth-order valence-electron chi connectivity index (χ4n) is 4.34. The normalized spacial score (nSPS) is 15.2. The highest BCUT2D eigenvalue weighted by atomic mass is 127. The van der Waals surface area contributed by atoms with E-state index in [0.29, 0.717) is 38.3 Å². The molecule has 7 nitrogen and oxygen atoms in total. The lowest BCUT2D eigenvalue weighted by Gasteiger charge is -2.27. The molecule has 200 valence electrons. The molecule has 0 fully saturated rings. The second-order valence-corrected chi connectivity index (χ2v) is 12.6. The number of hydrogen-bond donors (Lipinski definition) is 0. The number of nitrogens with zero attached hydrogens (tertiary/aromatic N) is 2. The third-order valence-corrected chi connectivity index (χ3v) is 8.98. The number of thiazole rings is 1. The highest BCUT2D eigenvalue weighted by molar-refractivity contribution is 14.1. The van der Waals surface area contributed by atoms with Gasteiger partial charge in [0.2, 0.25) is 0 Å². The summed E-state index contributed by atoms with van der Waals surface area (Å²) in [5, 5.41) is 0. The fraction of sp³-hybridized carbons (Fsp3) is 0.296. The highest BCUT2D eigenvalue weighted by Gasteiger charge is 2.36. The topological polar surface area (TPSA) is 79.1 Å². The summed E-state index contributed by atoms with van der Waals surface area (Å²) in [6.45, 7) is 4.00. The lowest BCUT2D eigenvalue weighted by molar-refractivity contribution is -0.139. The molecule has 1 atom stereocenters. The molecule has 0 aliphatic carbocycles. The van der Waals surface area contributed by atoms with Crippen molar-refractivity contribution in [2.24, 2.45) is 4.99 Å². The number of hydrogen-bond acceptors (Lipinski definition) is 7. The smallest absolute Gasteiger partial charge is 0.338 e. The summed E-state index contributed by atoms with van der Waals surface area (Å²) in [7, 11) is 3.21. The molecule has 0 bridgehead atoms. The third-order valence-electron chi connectivity index (χ3n) is 5.90. The largest absolute Gasteiger partial charge is 0.496 e. The first kappa shape index (κ1) is 29.3. The number of carbonyl (C=O) groups excluding carboxylic acids is 1. The summed E-state index contributed by atoms with van der Waals surface area (Å²) in [6, 6.07) is 8.75. The molecule has 2 aromatic carbocycles. The molecule has 3 aromatic rings. The predicted octanol–water partition coefficient (Wildman–Crippen LogP) is 5.57. The van der Waals surface area contributed by atoms with Gasteiger partial charge in [0.25, 0.3) is 5.56 Å². The molecule has 0 saturated heterocycles. The maximum atomic E-state index is 14.0. The maximum Gasteiger partial charge on any atom is 0.338 e. The van der Waals surface area contributed by atoms with Gasteiger partial charge in [-0.05, 0) is 100 Å². The average molecular weight is 823 g/mol. The fourth-order valence-corrected chi connectivity index (χ4v) is 8.00. The number of carbonyl (C=O) groups is 1. The van der Waals surface area contributed by atoms with Crippen LogP contribution in [0, 0.1) is 7.14 Å². The van der Waals surface area contributed by atoms with Crippen LogP contribution in [0.4, 0.5) is 0 Å². The number of fused-ring (bicyclic) bond motifs is 1. The van der Waals surface area contributed by atoms with E-state index in [2.05, 4.69) is 61.1 Å². The number of rotatable bonds is 8. The van der Waals surface area contributed by atoms with Gasteiger partial charge in [0.05, 0.1) is 43.8 Å². The van der Waals surface area contributed by atoms with E-state index in [0.717, 1.165) is 29.3 Å². The first-order valence-corrected chi connectivity index (χ1v) is 15.6. The van der Waals surface area contributed by atoms with Crippen LogP contribution in [0.15, 0.2) is 55.9 Å². The van der Waals surface area contributed by atoms with E-state index in [4.69, 9.17) is 19.2 Å². The Hall–Kier alpha value is -1.71. The first-order valence-electron chi connectivity index (χ1n) is 11.8. The Morgan fingerprint density at radius 3 is 2.47 bits per heavy atom. The van der Waals surface area contributed by atoms with E-state index in [1.54, 1.807) is 25.7 Å². The van der Waals surface area contributed by atoms with Crippen LogP contribution in [0.2, 0.25) is 0 Å². The molecule has 0 saturated carbocycles. The zero-order valence-electron chi connectivity index (χ0n) is 21.1. The van der Waals surface area contributed by atoms with Crippen LogP contribution >= 0.6 is 72.4 Å². The summed E-state index contributed by atoms with van der Waals surface area (Å²) >= 11 is 9.30. The number of ether oxygens (including phenoxy) is 3. The van der Waals surface area contributed by atoms with Crippen molar-refractivity contribution < 1.29 is 19.0 Å². The van der Waals surface area contributed by atoms with Crippen LogP contribution in [0.1, 0.15) is 43.9 Å².